The maximum absolute atomic E-state index is 11.9. The van der Waals surface area contributed by atoms with Gasteiger partial charge in [0.05, 0.1) is 5.69 Å². The molecule has 1 amide bonds. The second-order valence-electron chi connectivity index (χ2n) is 4.78. The number of benzene rings is 1. The Morgan fingerprint density at radius 2 is 1.95 bits per heavy atom. The van der Waals surface area contributed by atoms with E-state index in [-0.39, 0.29) is 12.3 Å². The van der Waals surface area contributed by atoms with Crippen LogP contribution in [0.5, 0.6) is 0 Å². The molecule has 116 valence electrons. The van der Waals surface area contributed by atoms with Gasteiger partial charge < -0.3 is 10.4 Å². The van der Waals surface area contributed by atoms with Crippen molar-refractivity contribution in [1.29, 1.82) is 0 Å². The van der Waals surface area contributed by atoms with E-state index in [0.29, 0.717) is 35.8 Å². The second-order valence-corrected chi connectivity index (χ2v) is 5.22. The molecule has 1 heterocycles. The number of amides is 1. The van der Waals surface area contributed by atoms with Crippen LogP contribution in [0.1, 0.15) is 29.8 Å². The van der Waals surface area contributed by atoms with Crippen LogP contribution in [0.4, 0.5) is 0 Å². The molecule has 1 aromatic carbocycles. The molecule has 7 heteroatoms. The number of unbranched alkanes of at least 4 members (excludes halogenated alkanes) is 1. The van der Waals surface area contributed by atoms with Crippen molar-refractivity contribution in [2.75, 3.05) is 6.54 Å². The number of hydrogen-bond donors (Lipinski definition) is 3. The molecular formula is C15H16ClN3O3. The number of carboxylic acid groups (broad SMARTS) is 1. The molecule has 0 spiro atoms. The first kappa shape index (κ1) is 16.0. The van der Waals surface area contributed by atoms with Crippen molar-refractivity contribution in [2.45, 2.75) is 19.3 Å². The second kappa shape index (κ2) is 7.61. The number of nitrogens with one attached hydrogen (secondary N) is 2. The Bertz CT molecular complexity index is 652. The molecule has 2 rings (SSSR count). The Kier molecular flexibility index (Phi) is 5.55. The van der Waals surface area contributed by atoms with E-state index in [1.54, 1.807) is 18.2 Å². The first-order valence-electron chi connectivity index (χ1n) is 6.87. The monoisotopic (exact) mass is 321 g/mol. The highest BCUT2D eigenvalue weighted by molar-refractivity contribution is 6.30. The van der Waals surface area contributed by atoms with E-state index in [2.05, 4.69) is 15.5 Å². The summed E-state index contributed by atoms with van der Waals surface area (Å²) in [5.74, 6) is -1.09. The molecule has 0 aliphatic carbocycles. The summed E-state index contributed by atoms with van der Waals surface area (Å²) >= 11 is 5.83. The van der Waals surface area contributed by atoms with Gasteiger partial charge in [0.25, 0.3) is 5.91 Å². The van der Waals surface area contributed by atoms with E-state index >= 15 is 0 Å². The standard InChI is InChI=1S/C15H16ClN3O3/c16-11-6-4-10(5-7-11)12-9-13(19-18-12)15(22)17-8-2-1-3-14(20)21/h4-7,9H,1-3,8H2,(H,17,22)(H,18,19)(H,20,21). The van der Waals surface area contributed by atoms with E-state index in [1.165, 1.54) is 0 Å². The van der Waals surface area contributed by atoms with Gasteiger partial charge >= 0.3 is 5.97 Å². The van der Waals surface area contributed by atoms with Crippen LogP contribution in [-0.4, -0.2) is 33.7 Å². The summed E-state index contributed by atoms with van der Waals surface area (Å²) in [4.78, 5) is 22.3. The van der Waals surface area contributed by atoms with Gasteiger partial charge in [0.2, 0.25) is 0 Å². The van der Waals surface area contributed by atoms with Gasteiger partial charge in [-0.25, -0.2) is 0 Å². The lowest BCUT2D eigenvalue weighted by Gasteiger charge is -2.02. The van der Waals surface area contributed by atoms with Crippen molar-refractivity contribution in [3.8, 4) is 11.3 Å². The quantitative estimate of drug-likeness (QED) is 0.683. The largest absolute Gasteiger partial charge is 0.481 e. The van der Waals surface area contributed by atoms with Gasteiger partial charge in [-0.15, -0.1) is 0 Å². The van der Waals surface area contributed by atoms with Gasteiger partial charge in [-0.3, -0.25) is 14.7 Å². The van der Waals surface area contributed by atoms with Crippen LogP contribution in [0.2, 0.25) is 5.02 Å². The molecule has 0 aliphatic heterocycles. The van der Waals surface area contributed by atoms with E-state index in [0.717, 1.165) is 5.56 Å². The zero-order chi connectivity index (χ0) is 15.9. The minimum atomic E-state index is -0.826. The third kappa shape index (κ3) is 4.60. The highest BCUT2D eigenvalue weighted by Crippen LogP contribution is 2.20. The number of carbonyl (C=O) groups excluding carboxylic acids is 1. The smallest absolute Gasteiger partial charge is 0.303 e. The molecule has 0 atom stereocenters. The summed E-state index contributed by atoms with van der Waals surface area (Å²) in [5, 5.41) is 18.7. The normalized spacial score (nSPS) is 10.4. The molecule has 0 aliphatic rings. The summed E-state index contributed by atoms with van der Waals surface area (Å²) < 4.78 is 0. The van der Waals surface area contributed by atoms with Crippen LogP contribution in [-0.2, 0) is 4.79 Å². The van der Waals surface area contributed by atoms with Crippen LogP contribution in [0.15, 0.2) is 30.3 Å². The number of carboxylic acids is 1. The predicted octanol–water partition coefficient (Wildman–Crippen LogP) is 2.71. The number of H-pyrrole nitrogens is 1. The molecular weight excluding hydrogens is 306 g/mol. The molecule has 6 nitrogen and oxygen atoms in total. The number of hydrogen-bond acceptors (Lipinski definition) is 3. The molecule has 3 N–H and O–H groups in total. The van der Waals surface area contributed by atoms with Gasteiger partial charge in [-0.05, 0) is 31.0 Å². The summed E-state index contributed by atoms with van der Waals surface area (Å²) in [6.45, 7) is 0.432. The Morgan fingerprint density at radius 1 is 1.23 bits per heavy atom. The molecule has 22 heavy (non-hydrogen) atoms. The van der Waals surface area contributed by atoms with Gasteiger partial charge in [-0.2, -0.15) is 5.10 Å². The van der Waals surface area contributed by atoms with Crippen molar-refractivity contribution in [2.24, 2.45) is 0 Å². The minimum Gasteiger partial charge on any atom is -0.481 e. The molecule has 0 saturated heterocycles. The van der Waals surface area contributed by atoms with E-state index in [4.69, 9.17) is 16.7 Å². The number of carbonyl (C=O) groups is 2. The van der Waals surface area contributed by atoms with Gasteiger partial charge in [-0.1, -0.05) is 23.7 Å². The lowest BCUT2D eigenvalue weighted by molar-refractivity contribution is -0.137. The first-order chi connectivity index (χ1) is 10.6. The summed E-state index contributed by atoms with van der Waals surface area (Å²) in [6, 6.07) is 8.83. The highest BCUT2D eigenvalue weighted by Gasteiger charge is 2.10. The van der Waals surface area contributed by atoms with Gasteiger partial charge in [0.15, 0.2) is 0 Å². The Labute approximate surface area is 132 Å². The number of aromatic nitrogens is 2. The molecule has 1 aromatic heterocycles. The zero-order valence-electron chi connectivity index (χ0n) is 11.8. The molecule has 0 unspecified atom stereocenters. The van der Waals surface area contributed by atoms with Crippen LogP contribution < -0.4 is 5.32 Å². The van der Waals surface area contributed by atoms with Crippen molar-refractivity contribution in [1.82, 2.24) is 15.5 Å². The number of aromatic amines is 1. The average Bonchev–Trinajstić information content (AvgIpc) is 2.97. The van der Waals surface area contributed by atoms with Crippen LogP contribution in [0.25, 0.3) is 11.3 Å². The fourth-order valence-electron chi connectivity index (χ4n) is 1.90. The Balaban J connectivity index is 1.86. The fraction of sp³-hybridized carbons (Fsp3) is 0.267. The molecule has 0 radical (unpaired) electrons. The molecule has 0 fully saturated rings. The maximum Gasteiger partial charge on any atom is 0.303 e. The molecule has 0 bridgehead atoms. The predicted molar refractivity (Wildman–Crippen MR) is 82.9 cm³/mol. The number of halogens is 1. The molecule has 0 saturated carbocycles. The van der Waals surface area contributed by atoms with Crippen molar-refractivity contribution in [3.05, 3.63) is 41.0 Å². The maximum atomic E-state index is 11.9. The zero-order valence-corrected chi connectivity index (χ0v) is 12.6. The lowest BCUT2D eigenvalue weighted by Crippen LogP contribution is -2.24. The van der Waals surface area contributed by atoms with Crippen LogP contribution in [0, 0.1) is 0 Å². The third-order valence-electron chi connectivity index (χ3n) is 3.07. The first-order valence-corrected chi connectivity index (χ1v) is 7.25. The Hall–Kier alpha value is -2.34. The summed E-state index contributed by atoms with van der Waals surface area (Å²) in [6.07, 6.45) is 1.27. The summed E-state index contributed by atoms with van der Waals surface area (Å²) in [5.41, 5.74) is 1.89. The SMILES string of the molecule is O=C(O)CCCCNC(=O)c1cc(-c2ccc(Cl)cc2)n[nH]1. The van der Waals surface area contributed by atoms with Crippen LogP contribution >= 0.6 is 11.6 Å². The summed E-state index contributed by atoms with van der Waals surface area (Å²) in [7, 11) is 0. The number of aliphatic carboxylic acids is 1. The van der Waals surface area contributed by atoms with Crippen LogP contribution in [0.3, 0.4) is 0 Å². The van der Waals surface area contributed by atoms with E-state index < -0.39 is 5.97 Å². The molecule has 2 aromatic rings. The van der Waals surface area contributed by atoms with Gasteiger partial charge in [0, 0.05) is 23.6 Å². The fourth-order valence-corrected chi connectivity index (χ4v) is 2.03. The van der Waals surface area contributed by atoms with Gasteiger partial charge in [0.1, 0.15) is 5.69 Å². The van der Waals surface area contributed by atoms with E-state index in [9.17, 15) is 9.59 Å². The average molecular weight is 322 g/mol. The van der Waals surface area contributed by atoms with Crippen molar-refractivity contribution >= 4 is 23.5 Å². The highest BCUT2D eigenvalue weighted by atomic mass is 35.5. The Morgan fingerprint density at radius 3 is 2.64 bits per heavy atom. The van der Waals surface area contributed by atoms with Crippen molar-refractivity contribution in [3.63, 3.8) is 0 Å². The number of nitrogens with zero attached hydrogens (tertiary/aromatic N) is 1. The van der Waals surface area contributed by atoms with E-state index in [1.807, 2.05) is 12.1 Å². The minimum absolute atomic E-state index is 0.112. The number of rotatable bonds is 7. The lowest BCUT2D eigenvalue weighted by atomic mass is 10.1. The topological polar surface area (TPSA) is 95.1 Å². The van der Waals surface area contributed by atoms with Crippen molar-refractivity contribution < 1.29 is 14.7 Å². The third-order valence-corrected chi connectivity index (χ3v) is 3.32.